The van der Waals surface area contributed by atoms with Crippen LogP contribution in [0.15, 0.2) is 18.2 Å². The topological polar surface area (TPSA) is 50.2 Å². The average molecular weight is 357 g/mol. The van der Waals surface area contributed by atoms with Crippen molar-refractivity contribution in [2.24, 2.45) is 0 Å². The van der Waals surface area contributed by atoms with Crippen molar-refractivity contribution < 1.29 is 4.79 Å². The SMILES string of the molecule is CCCCC(=O)Nc1ccc2c(c1)nc(CN1CCCC1)n2CCCC. The Hall–Kier alpha value is -1.88. The number of amides is 1. The normalized spacial score (nSPS) is 15.0. The zero-order valence-corrected chi connectivity index (χ0v) is 16.3. The van der Waals surface area contributed by atoms with Crippen molar-refractivity contribution in [1.82, 2.24) is 14.5 Å². The van der Waals surface area contributed by atoms with Crippen LogP contribution in [0.3, 0.4) is 0 Å². The second-order valence-corrected chi connectivity index (χ2v) is 7.37. The van der Waals surface area contributed by atoms with Gasteiger partial charge in [0.25, 0.3) is 0 Å². The lowest BCUT2D eigenvalue weighted by atomic mass is 10.2. The Balaban J connectivity index is 1.82. The van der Waals surface area contributed by atoms with E-state index in [-0.39, 0.29) is 5.91 Å². The van der Waals surface area contributed by atoms with Gasteiger partial charge in [0, 0.05) is 18.7 Å². The molecule has 1 N–H and O–H groups in total. The Bertz CT molecular complexity index is 731. The molecule has 1 fully saturated rings. The highest BCUT2D eigenvalue weighted by Gasteiger charge is 2.17. The third-order valence-electron chi connectivity index (χ3n) is 5.17. The lowest BCUT2D eigenvalue weighted by molar-refractivity contribution is -0.116. The van der Waals surface area contributed by atoms with Crippen LogP contribution in [0.4, 0.5) is 5.69 Å². The molecule has 0 radical (unpaired) electrons. The number of nitrogens with one attached hydrogen (secondary N) is 1. The van der Waals surface area contributed by atoms with E-state index in [2.05, 4.69) is 34.7 Å². The summed E-state index contributed by atoms with van der Waals surface area (Å²) in [7, 11) is 0. The first-order valence-corrected chi connectivity index (χ1v) is 10.2. The summed E-state index contributed by atoms with van der Waals surface area (Å²) in [4.78, 5) is 19.4. The molecule has 3 rings (SSSR count). The van der Waals surface area contributed by atoms with E-state index in [0.29, 0.717) is 6.42 Å². The number of fused-ring (bicyclic) bond motifs is 1. The highest BCUT2D eigenvalue weighted by atomic mass is 16.1. The van der Waals surface area contributed by atoms with Crippen molar-refractivity contribution in [1.29, 1.82) is 0 Å². The predicted octanol–water partition coefficient (Wildman–Crippen LogP) is 4.56. The molecule has 1 amide bonds. The van der Waals surface area contributed by atoms with Crippen molar-refractivity contribution in [3.63, 3.8) is 0 Å². The molecule has 5 heteroatoms. The fraction of sp³-hybridized carbons (Fsp3) is 0.619. The van der Waals surface area contributed by atoms with Gasteiger partial charge >= 0.3 is 0 Å². The molecule has 26 heavy (non-hydrogen) atoms. The minimum absolute atomic E-state index is 0.0916. The third kappa shape index (κ3) is 4.64. The summed E-state index contributed by atoms with van der Waals surface area (Å²) >= 11 is 0. The lowest BCUT2D eigenvalue weighted by Crippen LogP contribution is -2.21. The van der Waals surface area contributed by atoms with Crippen molar-refractivity contribution >= 4 is 22.6 Å². The van der Waals surface area contributed by atoms with Gasteiger partial charge in [0.1, 0.15) is 5.82 Å². The summed E-state index contributed by atoms with van der Waals surface area (Å²) in [5.74, 6) is 1.25. The van der Waals surface area contributed by atoms with E-state index in [0.717, 1.165) is 49.4 Å². The van der Waals surface area contributed by atoms with E-state index >= 15 is 0 Å². The number of likely N-dealkylation sites (tertiary alicyclic amines) is 1. The highest BCUT2D eigenvalue weighted by Crippen LogP contribution is 2.23. The molecular formula is C21H32N4O. The van der Waals surface area contributed by atoms with E-state index in [1.54, 1.807) is 0 Å². The minimum Gasteiger partial charge on any atom is -0.327 e. The number of imidazole rings is 1. The summed E-state index contributed by atoms with van der Waals surface area (Å²) < 4.78 is 2.37. The Kier molecular flexibility index (Phi) is 6.67. The van der Waals surface area contributed by atoms with E-state index in [9.17, 15) is 4.79 Å². The second kappa shape index (κ2) is 9.17. The van der Waals surface area contributed by atoms with E-state index < -0.39 is 0 Å². The maximum absolute atomic E-state index is 12.0. The fourth-order valence-corrected chi connectivity index (χ4v) is 3.65. The number of carbonyl (C=O) groups is 1. The predicted molar refractivity (Wildman–Crippen MR) is 107 cm³/mol. The molecule has 0 spiro atoms. The van der Waals surface area contributed by atoms with Crippen LogP contribution in [-0.2, 0) is 17.9 Å². The van der Waals surface area contributed by atoms with Crippen LogP contribution in [0, 0.1) is 0 Å². The van der Waals surface area contributed by atoms with Gasteiger partial charge in [-0.25, -0.2) is 4.98 Å². The van der Waals surface area contributed by atoms with Crippen LogP contribution in [0.1, 0.15) is 64.6 Å². The number of benzene rings is 1. The van der Waals surface area contributed by atoms with E-state index in [4.69, 9.17) is 4.98 Å². The van der Waals surface area contributed by atoms with Crippen molar-refractivity contribution in [2.75, 3.05) is 18.4 Å². The smallest absolute Gasteiger partial charge is 0.224 e. The number of unbranched alkanes of at least 4 members (excludes halogenated alkanes) is 2. The van der Waals surface area contributed by atoms with Gasteiger partial charge in [-0.2, -0.15) is 0 Å². The molecule has 0 atom stereocenters. The molecule has 0 saturated carbocycles. The molecule has 1 aliphatic rings. The standard InChI is InChI=1S/C21H32N4O/c1-3-5-9-21(26)22-17-10-11-19-18(15-17)23-20(25(19)14-6-4-2)16-24-12-7-8-13-24/h10-11,15H,3-9,12-14,16H2,1-2H3,(H,22,26). The lowest BCUT2D eigenvalue weighted by Gasteiger charge is -2.15. The van der Waals surface area contributed by atoms with Crippen LogP contribution < -0.4 is 5.32 Å². The number of nitrogens with zero attached hydrogens (tertiary/aromatic N) is 3. The monoisotopic (exact) mass is 356 g/mol. The quantitative estimate of drug-likeness (QED) is 0.716. The van der Waals surface area contributed by atoms with Crippen LogP contribution in [-0.4, -0.2) is 33.4 Å². The molecule has 1 aromatic heterocycles. The Morgan fingerprint density at radius 3 is 2.65 bits per heavy atom. The molecule has 2 aromatic rings. The molecular weight excluding hydrogens is 324 g/mol. The van der Waals surface area contributed by atoms with Crippen LogP contribution in [0.2, 0.25) is 0 Å². The zero-order valence-electron chi connectivity index (χ0n) is 16.3. The fourth-order valence-electron chi connectivity index (χ4n) is 3.65. The molecule has 1 aliphatic heterocycles. The largest absolute Gasteiger partial charge is 0.327 e. The Morgan fingerprint density at radius 2 is 1.92 bits per heavy atom. The van der Waals surface area contributed by atoms with E-state index in [1.165, 1.54) is 37.9 Å². The number of aromatic nitrogens is 2. The van der Waals surface area contributed by atoms with E-state index in [1.807, 2.05) is 12.1 Å². The molecule has 142 valence electrons. The molecule has 1 aromatic carbocycles. The van der Waals surface area contributed by atoms with Gasteiger partial charge in [0.05, 0.1) is 17.6 Å². The number of hydrogen-bond donors (Lipinski definition) is 1. The summed E-state index contributed by atoms with van der Waals surface area (Å²) in [6.07, 6.45) is 7.47. The van der Waals surface area contributed by atoms with Crippen LogP contribution >= 0.6 is 0 Å². The number of carbonyl (C=O) groups excluding carboxylic acids is 1. The van der Waals surface area contributed by atoms with Gasteiger partial charge in [0.2, 0.25) is 5.91 Å². The average Bonchev–Trinajstić information content (AvgIpc) is 3.26. The van der Waals surface area contributed by atoms with Gasteiger partial charge in [-0.3, -0.25) is 9.69 Å². The summed E-state index contributed by atoms with van der Waals surface area (Å²) in [6, 6.07) is 6.14. The number of aryl methyl sites for hydroxylation is 1. The Morgan fingerprint density at radius 1 is 1.15 bits per heavy atom. The molecule has 0 unspecified atom stereocenters. The number of hydrogen-bond acceptors (Lipinski definition) is 3. The molecule has 0 aliphatic carbocycles. The summed E-state index contributed by atoms with van der Waals surface area (Å²) in [6.45, 7) is 8.62. The zero-order chi connectivity index (χ0) is 18.4. The second-order valence-electron chi connectivity index (χ2n) is 7.37. The number of anilines is 1. The van der Waals surface area contributed by atoms with Gasteiger partial charge in [-0.1, -0.05) is 26.7 Å². The van der Waals surface area contributed by atoms with Gasteiger partial charge in [-0.15, -0.1) is 0 Å². The van der Waals surface area contributed by atoms with Crippen LogP contribution in [0.25, 0.3) is 11.0 Å². The van der Waals surface area contributed by atoms with Crippen molar-refractivity contribution in [3.05, 3.63) is 24.0 Å². The first-order valence-electron chi connectivity index (χ1n) is 10.2. The molecule has 2 heterocycles. The van der Waals surface area contributed by atoms with Crippen LogP contribution in [0.5, 0.6) is 0 Å². The number of rotatable bonds is 9. The highest BCUT2D eigenvalue weighted by molar-refractivity contribution is 5.93. The van der Waals surface area contributed by atoms with Gasteiger partial charge in [0.15, 0.2) is 0 Å². The molecule has 5 nitrogen and oxygen atoms in total. The molecule has 0 bridgehead atoms. The first kappa shape index (κ1) is 18.9. The van der Waals surface area contributed by atoms with Gasteiger partial charge in [-0.05, 0) is 57.0 Å². The Labute approximate surface area is 156 Å². The molecule has 1 saturated heterocycles. The minimum atomic E-state index is 0.0916. The first-order chi connectivity index (χ1) is 12.7. The maximum atomic E-state index is 12.0. The summed E-state index contributed by atoms with van der Waals surface area (Å²) in [5.41, 5.74) is 3.02. The van der Waals surface area contributed by atoms with Crippen molar-refractivity contribution in [3.8, 4) is 0 Å². The van der Waals surface area contributed by atoms with Crippen molar-refractivity contribution in [2.45, 2.75) is 71.9 Å². The summed E-state index contributed by atoms with van der Waals surface area (Å²) in [5, 5.41) is 3.02. The maximum Gasteiger partial charge on any atom is 0.224 e. The third-order valence-corrected chi connectivity index (χ3v) is 5.17. The van der Waals surface area contributed by atoms with Gasteiger partial charge < -0.3 is 9.88 Å².